The molecule has 0 radical (unpaired) electrons. The Kier molecular flexibility index (Phi) is 4.38. The van der Waals surface area contributed by atoms with E-state index in [0.29, 0.717) is 43.4 Å². The van der Waals surface area contributed by atoms with Gasteiger partial charge in [-0.1, -0.05) is 0 Å². The van der Waals surface area contributed by atoms with Crippen molar-refractivity contribution in [2.75, 3.05) is 31.6 Å². The van der Waals surface area contributed by atoms with Gasteiger partial charge < -0.3 is 19.5 Å². The fourth-order valence-corrected chi connectivity index (χ4v) is 2.37. The Morgan fingerprint density at radius 2 is 2.04 bits per heavy atom. The van der Waals surface area contributed by atoms with Crippen molar-refractivity contribution in [3.63, 3.8) is 0 Å². The average molecular weight is 314 g/mol. The predicted molar refractivity (Wildman–Crippen MR) is 85.9 cm³/mol. The van der Waals surface area contributed by atoms with E-state index in [1.165, 1.54) is 10.8 Å². The zero-order chi connectivity index (χ0) is 16.2. The number of carbonyl (C=O) groups is 1. The molecular formula is C16H18N4O3. The first-order valence-electron chi connectivity index (χ1n) is 7.41. The number of amides is 1. The molecule has 3 rings (SSSR count). The van der Waals surface area contributed by atoms with Gasteiger partial charge in [-0.2, -0.15) is 0 Å². The Bertz CT molecular complexity index is 749. The molecule has 1 amide bonds. The van der Waals surface area contributed by atoms with Crippen LogP contribution in [-0.2, 0) is 11.8 Å². The Morgan fingerprint density at radius 3 is 2.74 bits per heavy atom. The van der Waals surface area contributed by atoms with Gasteiger partial charge in [0.25, 0.3) is 11.5 Å². The zero-order valence-corrected chi connectivity index (χ0v) is 12.9. The lowest BCUT2D eigenvalue weighted by atomic mass is 10.2. The minimum atomic E-state index is -0.136. The third-order valence-corrected chi connectivity index (χ3v) is 3.69. The minimum Gasteiger partial charge on any atom is -0.378 e. The molecular weight excluding hydrogens is 296 g/mol. The number of nitrogens with zero attached hydrogens (tertiary/aromatic N) is 3. The van der Waals surface area contributed by atoms with Crippen molar-refractivity contribution >= 4 is 17.4 Å². The van der Waals surface area contributed by atoms with E-state index in [2.05, 4.69) is 10.3 Å². The zero-order valence-electron chi connectivity index (χ0n) is 12.9. The van der Waals surface area contributed by atoms with Gasteiger partial charge in [-0.3, -0.25) is 9.59 Å². The first kappa shape index (κ1) is 15.2. The van der Waals surface area contributed by atoms with Gasteiger partial charge in [-0.15, -0.1) is 0 Å². The average Bonchev–Trinajstić information content (AvgIpc) is 2.60. The van der Waals surface area contributed by atoms with E-state index in [9.17, 15) is 9.59 Å². The molecule has 1 N–H and O–H groups in total. The van der Waals surface area contributed by atoms with Crippen molar-refractivity contribution < 1.29 is 9.53 Å². The summed E-state index contributed by atoms with van der Waals surface area (Å²) in [6.07, 6.45) is 3.21. The summed E-state index contributed by atoms with van der Waals surface area (Å²) in [6, 6.07) is 6.87. The summed E-state index contributed by atoms with van der Waals surface area (Å²) < 4.78 is 6.73. The molecule has 0 bridgehead atoms. The highest BCUT2D eigenvalue weighted by molar-refractivity contribution is 5.94. The number of nitrogens with one attached hydrogen (secondary N) is 1. The number of hydrogen-bond acceptors (Lipinski definition) is 5. The van der Waals surface area contributed by atoms with E-state index >= 15 is 0 Å². The number of pyridine rings is 2. The highest BCUT2D eigenvalue weighted by Gasteiger charge is 2.18. The summed E-state index contributed by atoms with van der Waals surface area (Å²) >= 11 is 0. The number of rotatable bonds is 3. The van der Waals surface area contributed by atoms with Crippen LogP contribution < -0.4 is 10.9 Å². The Morgan fingerprint density at radius 1 is 1.26 bits per heavy atom. The fraction of sp³-hybridized carbons (Fsp3) is 0.312. The molecule has 3 heterocycles. The summed E-state index contributed by atoms with van der Waals surface area (Å²) in [5, 5.41) is 2.97. The smallest absolute Gasteiger partial charge is 0.274 e. The number of anilines is 2. The molecule has 0 unspecified atom stereocenters. The number of morpholine rings is 1. The van der Waals surface area contributed by atoms with Crippen molar-refractivity contribution in [1.82, 2.24) is 14.5 Å². The van der Waals surface area contributed by atoms with Crippen molar-refractivity contribution in [3.05, 3.63) is 52.6 Å². The minimum absolute atomic E-state index is 0.0528. The van der Waals surface area contributed by atoms with E-state index in [-0.39, 0.29) is 11.5 Å². The highest BCUT2D eigenvalue weighted by Crippen LogP contribution is 2.12. The topological polar surface area (TPSA) is 76.5 Å². The summed E-state index contributed by atoms with van der Waals surface area (Å²) in [6.45, 7) is 2.32. The van der Waals surface area contributed by atoms with Crippen LogP contribution in [0.3, 0.4) is 0 Å². The van der Waals surface area contributed by atoms with Crippen molar-refractivity contribution in [3.8, 4) is 0 Å². The molecule has 0 atom stereocenters. The Balaban J connectivity index is 1.73. The summed E-state index contributed by atoms with van der Waals surface area (Å²) in [5.74, 6) is 0.467. The molecule has 0 spiro atoms. The lowest BCUT2D eigenvalue weighted by Gasteiger charge is -2.26. The van der Waals surface area contributed by atoms with Crippen LogP contribution in [0.15, 0.2) is 41.5 Å². The van der Waals surface area contributed by atoms with Crippen LogP contribution in [-0.4, -0.2) is 46.7 Å². The van der Waals surface area contributed by atoms with Gasteiger partial charge in [0.2, 0.25) is 0 Å². The predicted octanol–water partition coefficient (Wildman–Crippen LogP) is 0.996. The van der Waals surface area contributed by atoms with Crippen molar-refractivity contribution in [2.45, 2.75) is 0 Å². The van der Waals surface area contributed by atoms with Crippen LogP contribution in [0.5, 0.6) is 0 Å². The number of hydrogen-bond donors (Lipinski definition) is 1. The van der Waals surface area contributed by atoms with Gasteiger partial charge in [0, 0.05) is 32.5 Å². The maximum Gasteiger partial charge on any atom is 0.274 e. The largest absolute Gasteiger partial charge is 0.378 e. The standard InChI is InChI=1S/C16H18N4O3/c1-19-6-2-3-13(16(19)22)18-14-5-4-12(11-17-14)15(21)20-7-9-23-10-8-20/h2-6,11H,7-10H2,1H3,(H,17,18). The number of ether oxygens (including phenoxy) is 1. The summed E-state index contributed by atoms with van der Waals surface area (Å²) in [7, 11) is 1.69. The molecule has 2 aromatic heterocycles. The van der Waals surface area contributed by atoms with Gasteiger partial charge in [0.05, 0.1) is 18.8 Å². The van der Waals surface area contributed by atoms with Crippen molar-refractivity contribution in [1.29, 1.82) is 0 Å². The van der Waals surface area contributed by atoms with Gasteiger partial charge in [0.15, 0.2) is 0 Å². The van der Waals surface area contributed by atoms with E-state index in [1.807, 2.05) is 0 Å². The Hall–Kier alpha value is -2.67. The lowest BCUT2D eigenvalue weighted by molar-refractivity contribution is 0.0302. The molecule has 2 aromatic rings. The summed E-state index contributed by atoms with van der Waals surface area (Å²) in [5.41, 5.74) is 0.830. The molecule has 23 heavy (non-hydrogen) atoms. The van der Waals surface area contributed by atoms with Crippen LogP contribution in [0.1, 0.15) is 10.4 Å². The molecule has 0 aromatic carbocycles. The van der Waals surface area contributed by atoms with Gasteiger partial charge in [-0.05, 0) is 24.3 Å². The van der Waals surface area contributed by atoms with E-state index in [1.54, 1.807) is 42.4 Å². The second-order valence-corrected chi connectivity index (χ2v) is 5.30. The maximum atomic E-state index is 12.3. The van der Waals surface area contributed by atoms with E-state index in [0.717, 1.165) is 0 Å². The molecule has 0 aliphatic carbocycles. The third-order valence-electron chi connectivity index (χ3n) is 3.69. The van der Waals surface area contributed by atoms with E-state index in [4.69, 9.17) is 4.74 Å². The number of aromatic nitrogens is 2. The Labute approximate surface area is 133 Å². The monoisotopic (exact) mass is 314 g/mol. The van der Waals surface area contributed by atoms with Crippen LogP contribution in [0.25, 0.3) is 0 Å². The van der Waals surface area contributed by atoms with Crippen LogP contribution in [0.4, 0.5) is 11.5 Å². The van der Waals surface area contributed by atoms with Gasteiger partial charge in [-0.25, -0.2) is 4.98 Å². The molecule has 1 fully saturated rings. The molecule has 0 saturated carbocycles. The van der Waals surface area contributed by atoms with Crippen molar-refractivity contribution in [2.24, 2.45) is 7.05 Å². The number of carbonyl (C=O) groups excluding carboxylic acids is 1. The van der Waals surface area contributed by atoms with Gasteiger partial charge >= 0.3 is 0 Å². The fourth-order valence-electron chi connectivity index (χ4n) is 2.37. The lowest BCUT2D eigenvalue weighted by Crippen LogP contribution is -2.40. The van der Waals surface area contributed by atoms with Crippen LogP contribution in [0.2, 0.25) is 0 Å². The second kappa shape index (κ2) is 6.62. The molecule has 120 valence electrons. The highest BCUT2D eigenvalue weighted by atomic mass is 16.5. The first-order valence-corrected chi connectivity index (χ1v) is 7.41. The second-order valence-electron chi connectivity index (χ2n) is 5.30. The third kappa shape index (κ3) is 3.40. The SMILES string of the molecule is Cn1cccc(Nc2ccc(C(=O)N3CCOCC3)cn2)c1=O. The maximum absolute atomic E-state index is 12.3. The molecule has 1 saturated heterocycles. The van der Waals surface area contributed by atoms with Gasteiger partial charge in [0.1, 0.15) is 11.5 Å². The summed E-state index contributed by atoms with van der Waals surface area (Å²) in [4.78, 5) is 30.3. The first-order chi connectivity index (χ1) is 11.1. The molecule has 1 aliphatic heterocycles. The van der Waals surface area contributed by atoms with E-state index < -0.39 is 0 Å². The number of aryl methyl sites for hydroxylation is 1. The quantitative estimate of drug-likeness (QED) is 0.914. The van der Waals surface area contributed by atoms with Crippen LogP contribution in [0, 0.1) is 0 Å². The molecule has 7 heteroatoms. The normalized spacial score (nSPS) is 14.6. The molecule has 7 nitrogen and oxygen atoms in total. The molecule has 1 aliphatic rings. The van der Waals surface area contributed by atoms with Crippen LogP contribution >= 0.6 is 0 Å².